The summed E-state index contributed by atoms with van der Waals surface area (Å²) in [6.07, 6.45) is 5.45. The first-order chi connectivity index (χ1) is 6.79. The van der Waals surface area contributed by atoms with Crippen molar-refractivity contribution in [2.75, 3.05) is 13.2 Å². The van der Waals surface area contributed by atoms with Gasteiger partial charge in [-0.05, 0) is 38.0 Å². The summed E-state index contributed by atoms with van der Waals surface area (Å²) >= 11 is 0. The quantitative estimate of drug-likeness (QED) is 0.597. The van der Waals surface area contributed by atoms with Crippen LogP contribution in [0.4, 0.5) is 0 Å². The van der Waals surface area contributed by atoms with Crippen LogP contribution in [0.3, 0.4) is 0 Å². The van der Waals surface area contributed by atoms with Crippen LogP contribution in [-0.4, -0.2) is 31.3 Å². The fourth-order valence-corrected chi connectivity index (χ4v) is 5.00. The minimum absolute atomic E-state index is 0.595. The summed E-state index contributed by atoms with van der Waals surface area (Å²) in [5.41, 5.74) is 0. The topological polar surface area (TPSA) is 18.5 Å². The molecule has 4 heteroatoms. The third-order valence-electron chi connectivity index (χ3n) is 2.81. The first-order valence-electron chi connectivity index (χ1n) is 6.02. The maximum absolute atomic E-state index is 5.42. The van der Waals surface area contributed by atoms with E-state index in [-0.39, 0.29) is 0 Å². The lowest BCUT2D eigenvalue weighted by Crippen LogP contribution is -2.18. The first-order valence-corrected chi connectivity index (χ1v) is 10.9. The van der Waals surface area contributed by atoms with Crippen molar-refractivity contribution in [2.45, 2.75) is 50.9 Å². The molecule has 2 aliphatic heterocycles. The van der Waals surface area contributed by atoms with Crippen LogP contribution in [0.5, 0.6) is 0 Å². The number of hydrogen-bond donors (Lipinski definition) is 0. The second-order valence-corrected chi connectivity index (χ2v) is 9.42. The third kappa shape index (κ3) is 5.95. The normalized spacial score (nSPS) is 33.0. The SMILES string of the molecule is C[SiH]1CCCCO1.C[SiH]1CCCCO1. The molecule has 2 unspecified atom stereocenters. The van der Waals surface area contributed by atoms with Crippen LogP contribution >= 0.6 is 0 Å². The highest BCUT2D eigenvalue weighted by Crippen LogP contribution is 2.09. The second kappa shape index (κ2) is 7.62. The van der Waals surface area contributed by atoms with E-state index >= 15 is 0 Å². The largest absolute Gasteiger partial charge is 0.420 e. The summed E-state index contributed by atoms with van der Waals surface area (Å²) in [6.45, 7) is 6.65. The fourth-order valence-electron chi connectivity index (χ4n) is 1.80. The van der Waals surface area contributed by atoms with Gasteiger partial charge in [-0.15, -0.1) is 0 Å². The van der Waals surface area contributed by atoms with Crippen LogP contribution in [0.25, 0.3) is 0 Å². The molecule has 0 aromatic heterocycles. The fraction of sp³-hybridized carbons (Fsp3) is 1.00. The minimum Gasteiger partial charge on any atom is -0.420 e. The van der Waals surface area contributed by atoms with E-state index in [1.54, 1.807) is 0 Å². The van der Waals surface area contributed by atoms with Gasteiger partial charge < -0.3 is 8.85 Å². The Hall–Kier alpha value is 0.354. The van der Waals surface area contributed by atoms with Gasteiger partial charge in [0, 0.05) is 13.2 Å². The molecule has 0 spiro atoms. The van der Waals surface area contributed by atoms with Crippen molar-refractivity contribution in [1.82, 2.24) is 0 Å². The van der Waals surface area contributed by atoms with E-state index in [0.29, 0.717) is 0 Å². The van der Waals surface area contributed by atoms with Gasteiger partial charge in [0.1, 0.15) is 0 Å². The van der Waals surface area contributed by atoms with Crippen molar-refractivity contribution >= 4 is 18.1 Å². The van der Waals surface area contributed by atoms with Crippen LogP contribution in [-0.2, 0) is 8.85 Å². The Morgan fingerprint density at radius 2 is 1.14 bits per heavy atom. The standard InChI is InChI=1S/2C5H12OSi/c2*1-7-5-3-2-4-6-7/h2*7H,2-5H2,1H3. The van der Waals surface area contributed by atoms with Crippen LogP contribution in [0, 0.1) is 0 Å². The Morgan fingerprint density at radius 1 is 0.714 bits per heavy atom. The number of hydrogen-bond acceptors (Lipinski definition) is 2. The van der Waals surface area contributed by atoms with Crippen LogP contribution < -0.4 is 0 Å². The molecule has 2 rings (SSSR count). The van der Waals surface area contributed by atoms with Gasteiger partial charge in [0.25, 0.3) is 0 Å². The zero-order chi connectivity index (χ0) is 10.2. The molecule has 2 fully saturated rings. The monoisotopic (exact) mass is 232 g/mol. The highest BCUT2D eigenvalue weighted by molar-refractivity contribution is 6.50. The van der Waals surface area contributed by atoms with Gasteiger partial charge in [0.15, 0.2) is 18.1 Å². The van der Waals surface area contributed by atoms with Gasteiger partial charge in [-0.1, -0.05) is 12.8 Å². The van der Waals surface area contributed by atoms with Gasteiger partial charge in [-0.3, -0.25) is 0 Å². The van der Waals surface area contributed by atoms with Crippen LogP contribution in [0.1, 0.15) is 25.7 Å². The van der Waals surface area contributed by atoms with Crippen LogP contribution in [0.15, 0.2) is 0 Å². The molecule has 0 saturated carbocycles. The summed E-state index contributed by atoms with van der Waals surface area (Å²) in [4.78, 5) is 0. The summed E-state index contributed by atoms with van der Waals surface area (Å²) in [7, 11) is -1.19. The van der Waals surface area contributed by atoms with Crippen molar-refractivity contribution in [3.05, 3.63) is 0 Å². The molecule has 0 aromatic rings. The molecule has 0 aliphatic carbocycles. The van der Waals surface area contributed by atoms with Crippen molar-refractivity contribution in [1.29, 1.82) is 0 Å². The number of rotatable bonds is 0. The zero-order valence-corrected chi connectivity index (χ0v) is 11.9. The molecule has 0 aromatic carbocycles. The van der Waals surface area contributed by atoms with Crippen LogP contribution in [0.2, 0.25) is 25.2 Å². The molecule has 0 N–H and O–H groups in total. The van der Waals surface area contributed by atoms with E-state index in [2.05, 4.69) is 13.1 Å². The Morgan fingerprint density at radius 3 is 1.29 bits per heavy atom. The molecule has 0 bridgehead atoms. The molecular formula is C10H24O2Si2. The Bertz CT molecular complexity index is 116. The van der Waals surface area contributed by atoms with E-state index in [1.807, 2.05) is 0 Å². The predicted octanol–water partition coefficient (Wildman–Crippen LogP) is 2.30. The molecular weight excluding hydrogens is 208 g/mol. The molecule has 14 heavy (non-hydrogen) atoms. The molecule has 2 heterocycles. The molecule has 2 atom stereocenters. The van der Waals surface area contributed by atoms with Gasteiger partial charge in [-0.2, -0.15) is 0 Å². The van der Waals surface area contributed by atoms with Crippen molar-refractivity contribution in [3.63, 3.8) is 0 Å². The highest BCUT2D eigenvalue weighted by atomic mass is 28.3. The second-order valence-electron chi connectivity index (χ2n) is 4.35. The Balaban J connectivity index is 0.000000140. The van der Waals surface area contributed by atoms with Gasteiger partial charge in [0.2, 0.25) is 0 Å². The Labute approximate surface area is 91.4 Å². The average molecular weight is 232 g/mol. The van der Waals surface area contributed by atoms with Gasteiger partial charge in [-0.25, -0.2) is 0 Å². The summed E-state index contributed by atoms with van der Waals surface area (Å²) < 4.78 is 10.8. The third-order valence-corrected chi connectivity index (χ3v) is 6.87. The maximum Gasteiger partial charge on any atom is 0.173 e. The molecule has 84 valence electrons. The maximum atomic E-state index is 5.42. The molecule has 2 aliphatic rings. The Kier molecular flexibility index (Phi) is 6.76. The zero-order valence-electron chi connectivity index (χ0n) is 9.63. The smallest absolute Gasteiger partial charge is 0.173 e. The average Bonchev–Trinajstić information content (AvgIpc) is 2.21. The van der Waals surface area contributed by atoms with E-state index in [1.165, 1.54) is 37.8 Å². The molecule has 2 saturated heterocycles. The van der Waals surface area contributed by atoms with Gasteiger partial charge in [0.05, 0.1) is 0 Å². The van der Waals surface area contributed by atoms with E-state index in [9.17, 15) is 0 Å². The first kappa shape index (κ1) is 12.4. The van der Waals surface area contributed by atoms with Gasteiger partial charge >= 0.3 is 0 Å². The van der Waals surface area contributed by atoms with Crippen molar-refractivity contribution in [2.24, 2.45) is 0 Å². The predicted molar refractivity (Wildman–Crippen MR) is 66.0 cm³/mol. The van der Waals surface area contributed by atoms with Crippen molar-refractivity contribution < 1.29 is 8.85 Å². The molecule has 2 nitrogen and oxygen atoms in total. The molecule has 0 radical (unpaired) electrons. The lowest BCUT2D eigenvalue weighted by Gasteiger charge is -2.16. The highest BCUT2D eigenvalue weighted by Gasteiger charge is 2.08. The lowest BCUT2D eigenvalue weighted by molar-refractivity contribution is 0.290. The molecule has 0 amide bonds. The summed E-state index contributed by atoms with van der Waals surface area (Å²) in [5, 5.41) is 0. The minimum atomic E-state index is -0.595. The van der Waals surface area contributed by atoms with Crippen molar-refractivity contribution in [3.8, 4) is 0 Å². The van der Waals surface area contributed by atoms with E-state index in [0.717, 1.165) is 13.2 Å². The lowest BCUT2D eigenvalue weighted by atomic mass is 10.4. The summed E-state index contributed by atoms with van der Waals surface area (Å²) in [5.74, 6) is 0. The summed E-state index contributed by atoms with van der Waals surface area (Å²) in [6, 6.07) is 2.81. The van der Waals surface area contributed by atoms with E-state index < -0.39 is 18.1 Å². The van der Waals surface area contributed by atoms with E-state index in [4.69, 9.17) is 8.85 Å².